The molecule has 1 nitrogen and oxygen atoms in total. The highest BCUT2D eigenvalue weighted by atomic mass is 14.8. The van der Waals surface area contributed by atoms with Crippen molar-refractivity contribution in [2.45, 2.75) is 38.6 Å². The van der Waals surface area contributed by atoms with Crippen LogP contribution in [0.15, 0.2) is 24.3 Å². The molecule has 0 atom stereocenters. The second kappa shape index (κ2) is 4.61. The predicted octanol–water partition coefficient (Wildman–Crippen LogP) is 3.06. The van der Waals surface area contributed by atoms with Crippen molar-refractivity contribution in [1.29, 1.82) is 0 Å². The summed E-state index contributed by atoms with van der Waals surface area (Å²) in [6, 6.07) is 9.03. The molecule has 1 aromatic carbocycles. The number of hydrogen-bond acceptors (Lipinski definition) is 1. The van der Waals surface area contributed by atoms with E-state index in [9.17, 15) is 0 Å². The predicted molar refractivity (Wildman–Crippen MR) is 60.4 cm³/mol. The summed E-state index contributed by atoms with van der Waals surface area (Å²) in [5, 5.41) is 3.44. The molecule has 1 N–H and O–H groups in total. The van der Waals surface area contributed by atoms with Crippen LogP contribution in [0.2, 0.25) is 0 Å². The maximum absolute atomic E-state index is 3.44. The topological polar surface area (TPSA) is 12.0 Å². The molecule has 0 radical (unpaired) electrons. The lowest BCUT2D eigenvalue weighted by Crippen LogP contribution is -2.13. The highest BCUT2D eigenvalue weighted by Gasteiger charge is 2.23. The quantitative estimate of drug-likeness (QED) is 0.702. The maximum Gasteiger partial charge on any atom is 0.0205 e. The zero-order valence-corrected chi connectivity index (χ0v) is 8.92. The lowest BCUT2D eigenvalue weighted by Gasteiger charge is -2.05. The van der Waals surface area contributed by atoms with Crippen LogP contribution in [0.1, 0.15) is 43.2 Å². The molecule has 0 saturated heterocycles. The van der Waals surface area contributed by atoms with Gasteiger partial charge in [0.25, 0.3) is 0 Å². The molecule has 0 unspecified atom stereocenters. The average molecular weight is 189 g/mol. The van der Waals surface area contributed by atoms with Crippen molar-refractivity contribution in [1.82, 2.24) is 5.32 Å². The monoisotopic (exact) mass is 189 g/mol. The minimum atomic E-state index is 0.876. The zero-order valence-electron chi connectivity index (χ0n) is 8.92. The van der Waals surface area contributed by atoms with E-state index >= 15 is 0 Å². The van der Waals surface area contributed by atoms with Crippen LogP contribution in [0.5, 0.6) is 0 Å². The molecule has 0 heterocycles. The molecular weight excluding hydrogens is 170 g/mol. The van der Waals surface area contributed by atoms with Gasteiger partial charge < -0.3 is 5.32 Å². The van der Waals surface area contributed by atoms with Crippen molar-refractivity contribution >= 4 is 0 Å². The van der Waals surface area contributed by atoms with Crippen molar-refractivity contribution < 1.29 is 0 Å². The third-order valence-electron chi connectivity index (χ3n) is 2.76. The lowest BCUT2D eigenvalue weighted by atomic mass is 10.1. The van der Waals surface area contributed by atoms with E-state index in [-0.39, 0.29) is 0 Å². The van der Waals surface area contributed by atoms with Gasteiger partial charge >= 0.3 is 0 Å². The van der Waals surface area contributed by atoms with Crippen LogP contribution in [0.4, 0.5) is 0 Å². The van der Waals surface area contributed by atoms with Crippen LogP contribution in [-0.4, -0.2) is 6.54 Å². The zero-order chi connectivity index (χ0) is 9.80. The summed E-state index contributed by atoms with van der Waals surface area (Å²) < 4.78 is 0. The molecular formula is C13H19N. The van der Waals surface area contributed by atoms with Crippen LogP contribution in [0, 0.1) is 0 Å². The maximum atomic E-state index is 3.44. The summed E-state index contributed by atoms with van der Waals surface area (Å²) in [5.74, 6) is 0.876. The van der Waals surface area contributed by atoms with Crippen LogP contribution in [0.3, 0.4) is 0 Å². The van der Waals surface area contributed by atoms with Crippen molar-refractivity contribution in [2.24, 2.45) is 0 Å². The fourth-order valence-electron chi connectivity index (χ4n) is 1.78. The van der Waals surface area contributed by atoms with Gasteiger partial charge in [-0.3, -0.25) is 0 Å². The minimum Gasteiger partial charge on any atom is -0.313 e. The highest BCUT2D eigenvalue weighted by Crippen LogP contribution is 2.40. The van der Waals surface area contributed by atoms with E-state index in [1.54, 1.807) is 5.56 Å². The molecule has 2 rings (SSSR count). The first-order valence-electron chi connectivity index (χ1n) is 5.69. The van der Waals surface area contributed by atoms with Gasteiger partial charge in [0, 0.05) is 6.54 Å². The molecule has 14 heavy (non-hydrogen) atoms. The van der Waals surface area contributed by atoms with Gasteiger partial charge in [-0.25, -0.2) is 0 Å². The molecule has 1 aliphatic carbocycles. The number of rotatable bonds is 5. The van der Waals surface area contributed by atoms with Crippen molar-refractivity contribution in [3.05, 3.63) is 35.4 Å². The molecule has 0 bridgehead atoms. The summed E-state index contributed by atoms with van der Waals surface area (Å²) >= 11 is 0. The molecule has 1 aliphatic rings. The Morgan fingerprint density at radius 2 is 2.21 bits per heavy atom. The summed E-state index contributed by atoms with van der Waals surface area (Å²) in [6.07, 6.45) is 4.00. The molecule has 0 spiro atoms. The summed E-state index contributed by atoms with van der Waals surface area (Å²) in [4.78, 5) is 0. The second-order valence-electron chi connectivity index (χ2n) is 4.20. The second-order valence-corrected chi connectivity index (χ2v) is 4.20. The van der Waals surface area contributed by atoms with Gasteiger partial charge in [-0.1, -0.05) is 31.2 Å². The fourth-order valence-corrected chi connectivity index (χ4v) is 1.78. The van der Waals surface area contributed by atoms with Crippen molar-refractivity contribution in [2.75, 3.05) is 6.54 Å². The normalized spacial score (nSPS) is 15.8. The SMILES string of the molecule is CCCNCc1cccc(C2CC2)c1. The van der Waals surface area contributed by atoms with Crippen LogP contribution in [-0.2, 0) is 6.54 Å². The van der Waals surface area contributed by atoms with E-state index in [2.05, 4.69) is 36.5 Å². The molecule has 0 aliphatic heterocycles. The molecule has 1 fully saturated rings. The smallest absolute Gasteiger partial charge is 0.0205 e. The van der Waals surface area contributed by atoms with E-state index < -0.39 is 0 Å². The average Bonchev–Trinajstić information content (AvgIpc) is 3.02. The van der Waals surface area contributed by atoms with Crippen LogP contribution >= 0.6 is 0 Å². The Labute approximate surface area is 86.5 Å². The molecule has 1 saturated carbocycles. The largest absolute Gasteiger partial charge is 0.313 e. The molecule has 1 heteroatoms. The Kier molecular flexibility index (Phi) is 3.20. The van der Waals surface area contributed by atoms with Gasteiger partial charge in [0.15, 0.2) is 0 Å². The van der Waals surface area contributed by atoms with Crippen LogP contribution < -0.4 is 5.32 Å². The first-order chi connectivity index (χ1) is 6.90. The lowest BCUT2D eigenvalue weighted by molar-refractivity contribution is 0.675. The van der Waals surface area contributed by atoms with Gasteiger partial charge in [-0.15, -0.1) is 0 Å². The number of nitrogens with one attached hydrogen (secondary N) is 1. The third-order valence-corrected chi connectivity index (χ3v) is 2.76. The molecule has 76 valence electrons. The number of benzene rings is 1. The summed E-state index contributed by atoms with van der Waals surface area (Å²) in [7, 11) is 0. The Morgan fingerprint density at radius 1 is 1.36 bits per heavy atom. The van der Waals surface area contributed by atoms with Gasteiger partial charge in [0.2, 0.25) is 0 Å². The minimum absolute atomic E-state index is 0.876. The first kappa shape index (κ1) is 9.72. The van der Waals surface area contributed by atoms with Crippen molar-refractivity contribution in [3.63, 3.8) is 0 Å². The summed E-state index contributed by atoms with van der Waals surface area (Å²) in [5.41, 5.74) is 2.98. The Hall–Kier alpha value is -0.820. The third kappa shape index (κ3) is 2.58. The van der Waals surface area contributed by atoms with E-state index in [0.29, 0.717) is 0 Å². The highest BCUT2D eigenvalue weighted by molar-refractivity contribution is 5.28. The Morgan fingerprint density at radius 3 is 2.93 bits per heavy atom. The fraction of sp³-hybridized carbons (Fsp3) is 0.538. The molecule has 1 aromatic rings. The van der Waals surface area contributed by atoms with E-state index in [1.165, 1.54) is 24.8 Å². The van der Waals surface area contributed by atoms with Crippen molar-refractivity contribution in [3.8, 4) is 0 Å². The first-order valence-corrected chi connectivity index (χ1v) is 5.69. The van der Waals surface area contributed by atoms with Crippen LogP contribution in [0.25, 0.3) is 0 Å². The van der Waals surface area contributed by atoms with E-state index in [1.807, 2.05) is 0 Å². The summed E-state index contributed by atoms with van der Waals surface area (Å²) in [6.45, 7) is 4.34. The standard InChI is InChI=1S/C13H19N/c1-2-8-14-10-11-4-3-5-13(9-11)12-6-7-12/h3-5,9,12,14H,2,6-8,10H2,1H3. The van der Waals surface area contributed by atoms with Gasteiger partial charge in [0.1, 0.15) is 0 Å². The van der Waals surface area contributed by atoms with Gasteiger partial charge in [-0.2, -0.15) is 0 Å². The Balaban J connectivity index is 1.92. The van der Waals surface area contributed by atoms with Gasteiger partial charge in [0.05, 0.1) is 0 Å². The molecule has 0 aromatic heterocycles. The van der Waals surface area contributed by atoms with Gasteiger partial charge in [-0.05, 0) is 42.9 Å². The van der Waals surface area contributed by atoms with E-state index in [4.69, 9.17) is 0 Å². The molecule has 0 amide bonds. The number of hydrogen-bond donors (Lipinski definition) is 1. The Bertz CT molecular complexity index is 289. The van der Waals surface area contributed by atoms with E-state index in [0.717, 1.165) is 19.0 Å².